The van der Waals surface area contributed by atoms with Gasteiger partial charge in [0.2, 0.25) is 0 Å². The largest absolute Gasteiger partial charge is 0.481 e. The van der Waals surface area contributed by atoms with E-state index in [2.05, 4.69) is 5.43 Å². The van der Waals surface area contributed by atoms with E-state index in [1.54, 1.807) is 4.90 Å². The summed E-state index contributed by atoms with van der Waals surface area (Å²) < 4.78 is 0. The molecule has 2 amide bonds. The van der Waals surface area contributed by atoms with E-state index in [4.69, 9.17) is 0 Å². The SMILES string of the molecule is CCCC1(C(=O)O)CCN(C(=O)NN2CCCCC2)C1. The molecule has 2 fully saturated rings. The molecule has 0 spiro atoms. The molecular formula is C14H25N3O3. The highest BCUT2D eigenvalue weighted by molar-refractivity contribution is 5.79. The molecule has 0 aromatic heterocycles. The third-order valence-corrected chi connectivity index (χ3v) is 4.43. The quantitative estimate of drug-likeness (QED) is 0.823. The first-order chi connectivity index (χ1) is 9.57. The third kappa shape index (κ3) is 3.23. The standard InChI is InChI=1S/C14H25N3O3/c1-2-6-14(12(18)19)7-10-16(11-14)13(20)15-17-8-4-3-5-9-17/h2-11H2,1H3,(H,15,20)(H,18,19). The summed E-state index contributed by atoms with van der Waals surface area (Å²) in [5.74, 6) is -0.771. The van der Waals surface area contributed by atoms with Crippen molar-refractivity contribution >= 4 is 12.0 Å². The Morgan fingerprint density at radius 3 is 2.50 bits per heavy atom. The molecule has 2 aliphatic heterocycles. The van der Waals surface area contributed by atoms with Crippen molar-refractivity contribution in [2.75, 3.05) is 26.2 Å². The van der Waals surface area contributed by atoms with E-state index in [1.165, 1.54) is 6.42 Å². The molecule has 2 rings (SSSR count). The van der Waals surface area contributed by atoms with E-state index in [0.717, 1.165) is 32.4 Å². The Morgan fingerprint density at radius 2 is 1.90 bits per heavy atom. The zero-order valence-corrected chi connectivity index (χ0v) is 12.2. The highest BCUT2D eigenvalue weighted by Gasteiger charge is 2.45. The van der Waals surface area contributed by atoms with E-state index in [1.807, 2.05) is 11.9 Å². The second-order valence-corrected chi connectivity index (χ2v) is 5.97. The Hall–Kier alpha value is -1.30. The molecule has 6 heteroatoms. The average molecular weight is 283 g/mol. The van der Waals surface area contributed by atoms with Gasteiger partial charge < -0.3 is 10.0 Å². The van der Waals surface area contributed by atoms with Crippen molar-refractivity contribution in [3.63, 3.8) is 0 Å². The molecule has 114 valence electrons. The number of hydrogen-bond acceptors (Lipinski definition) is 3. The lowest BCUT2D eigenvalue weighted by Gasteiger charge is -2.30. The maximum Gasteiger partial charge on any atom is 0.331 e. The topological polar surface area (TPSA) is 72.9 Å². The first-order valence-electron chi connectivity index (χ1n) is 7.61. The van der Waals surface area contributed by atoms with Crippen LogP contribution in [0.4, 0.5) is 4.79 Å². The summed E-state index contributed by atoms with van der Waals surface area (Å²) >= 11 is 0. The Bertz CT molecular complexity index is 369. The van der Waals surface area contributed by atoms with Crippen molar-refractivity contribution in [2.24, 2.45) is 5.41 Å². The summed E-state index contributed by atoms with van der Waals surface area (Å²) in [4.78, 5) is 25.4. The van der Waals surface area contributed by atoms with Crippen molar-refractivity contribution in [2.45, 2.75) is 45.4 Å². The summed E-state index contributed by atoms with van der Waals surface area (Å²) in [6, 6.07) is -0.147. The van der Waals surface area contributed by atoms with Gasteiger partial charge in [0, 0.05) is 26.2 Å². The van der Waals surface area contributed by atoms with Gasteiger partial charge >= 0.3 is 12.0 Å². The molecule has 0 radical (unpaired) electrons. The minimum Gasteiger partial charge on any atom is -0.481 e. The number of carboxylic acid groups (broad SMARTS) is 1. The van der Waals surface area contributed by atoms with Crippen LogP contribution in [0.25, 0.3) is 0 Å². The molecule has 0 aliphatic carbocycles. The number of hydrogen-bond donors (Lipinski definition) is 2. The smallest absolute Gasteiger partial charge is 0.331 e. The number of carboxylic acids is 1. The number of likely N-dealkylation sites (tertiary alicyclic amines) is 1. The van der Waals surface area contributed by atoms with Crippen LogP contribution in [0.2, 0.25) is 0 Å². The van der Waals surface area contributed by atoms with Crippen LogP contribution in [0.1, 0.15) is 45.4 Å². The van der Waals surface area contributed by atoms with Crippen LogP contribution < -0.4 is 5.43 Å². The maximum atomic E-state index is 12.2. The predicted octanol–water partition coefficient (Wildman–Crippen LogP) is 1.67. The molecule has 1 unspecified atom stereocenters. The molecule has 6 nitrogen and oxygen atoms in total. The molecule has 2 heterocycles. The van der Waals surface area contributed by atoms with Gasteiger partial charge in [-0.3, -0.25) is 10.2 Å². The van der Waals surface area contributed by atoms with Gasteiger partial charge in [-0.25, -0.2) is 9.80 Å². The Labute approximate surface area is 120 Å². The van der Waals surface area contributed by atoms with E-state index in [-0.39, 0.29) is 6.03 Å². The fourth-order valence-corrected chi connectivity index (χ4v) is 3.22. The van der Waals surface area contributed by atoms with Gasteiger partial charge in [0.1, 0.15) is 0 Å². The first-order valence-corrected chi connectivity index (χ1v) is 7.61. The lowest BCUT2D eigenvalue weighted by Crippen LogP contribution is -2.50. The number of urea groups is 1. The number of nitrogens with one attached hydrogen (secondary N) is 1. The zero-order chi connectivity index (χ0) is 14.6. The summed E-state index contributed by atoms with van der Waals surface area (Å²) in [5, 5.41) is 11.4. The highest BCUT2D eigenvalue weighted by Crippen LogP contribution is 2.35. The van der Waals surface area contributed by atoms with Gasteiger partial charge in [0.15, 0.2) is 0 Å². The lowest BCUT2D eigenvalue weighted by atomic mass is 9.83. The van der Waals surface area contributed by atoms with Gasteiger partial charge in [-0.05, 0) is 25.7 Å². The molecule has 0 aromatic carbocycles. The van der Waals surface area contributed by atoms with Crippen molar-refractivity contribution in [1.82, 2.24) is 15.3 Å². The molecule has 2 N–H and O–H groups in total. The lowest BCUT2D eigenvalue weighted by molar-refractivity contribution is -0.148. The van der Waals surface area contributed by atoms with E-state index >= 15 is 0 Å². The molecule has 2 saturated heterocycles. The number of carbonyl (C=O) groups excluding carboxylic acids is 1. The predicted molar refractivity (Wildman–Crippen MR) is 75.1 cm³/mol. The van der Waals surface area contributed by atoms with Gasteiger partial charge in [0.25, 0.3) is 0 Å². The average Bonchev–Trinajstić information content (AvgIpc) is 2.86. The van der Waals surface area contributed by atoms with Crippen molar-refractivity contribution in [1.29, 1.82) is 0 Å². The van der Waals surface area contributed by atoms with E-state index in [0.29, 0.717) is 25.9 Å². The van der Waals surface area contributed by atoms with Gasteiger partial charge in [0.05, 0.1) is 5.41 Å². The molecular weight excluding hydrogens is 258 g/mol. The van der Waals surface area contributed by atoms with Gasteiger partial charge in [-0.15, -0.1) is 0 Å². The normalized spacial score (nSPS) is 27.6. The van der Waals surface area contributed by atoms with Crippen LogP contribution in [0.15, 0.2) is 0 Å². The van der Waals surface area contributed by atoms with Crippen LogP contribution in [0, 0.1) is 5.41 Å². The number of amides is 2. The van der Waals surface area contributed by atoms with Gasteiger partial charge in [-0.2, -0.15) is 0 Å². The summed E-state index contributed by atoms with van der Waals surface area (Å²) in [6.07, 6.45) is 5.45. The minimum absolute atomic E-state index is 0.147. The molecule has 0 aromatic rings. The Kier molecular flexibility index (Phi) is 4.86. The number of hydrazine groups is 1. The minimum atomic E-state index is -0.771. The van der Waals surface area contributed by atoms with E-state index < -0.39 is 11.4 Å². The molecule has 1 atom stereocenters. The highest BCUT2D eigenvalue weighted by atomic mass is 16.4. The number of nitrogens with zero attached hydrogens (tertiary/aromatic N) is 2. The fraction of sp³-hybridized carbons (Fsp3) is 0.857. The van der Waals surface area contributed by atoms with Crippen molar-refractivity contribution in [3.8, 4) is 0 Å². The van der Waals surface area contributed by atoms with Crippen LogP contribution in [-0.4, -0.2) is 53.2 Å². The number of rotatable bonds is 4. The second-order valence-electron chi connectivity index (χ2n) is 5.97. The monoisotopic (exact) mass is 283 g/mol. The van der Waals surface area contributed by atoms with Crippen LogP contribution in [0.3, 0.4) is 0 Å². The van der Waals surface area contributed by atoms with E-state index in [9.17, 15) is 14.7 Å². The Balaban J connectivity index is 1.90. The van der Waals surface area contributed by atoms with Crippen LogP contribution in [0.5, 0.6) is 0 Å². The maximum absolute atomic E-state index is 12.2. The first kappa shape index (κ1) is 15.1. The number of carbonyl (C=O) groups is 2. The zero-order valence-electron chi connectivity index (χ0n) is 12.2. The number of piperidine rings is 1. The third-order valence-electron chi connectivity index (χ3n) is 4.43. The second kappa shape index (κ2) is 6.43. The number of aliphatic carboxylic acids is 1. The fourth-order valence-electron chi connectivity index (χ4n) is 3.22. The molecule has 0 bridgehead atoms. The van der Waals surface area contributed by atoms with Crippen LogP contribution in [-0.2, 0) is 4.79 Å². The van der Waals surface area contributed by atoms with Crippen molar-refractivity contribution in [3.05, 3.63) is 0 Å². The Morgan fingerprint density at radius 1 is 1.20 bits per heavy atom. The van der Waals surface area contributed by atoms with Crippen LogP contribution >= 0.6 is 0 Å². The van der Waals surface area contributed by atoms with Gasteiger partial charge in [-0.1, -0.05) is 19.8 Å². The molecule has 0 saturated carbocycles. The summed E-state index contributed by atoms with van der Waals surface area (Å²) in [5.41, 5.74) is 2.16. The molecule has 2 aliphatic rings. The van der Waals surface area contributed by atoms with Crippen molar-refractivity contribution < 1.29 is 14.7 Å². The molecule has 20 heavy (non-hydrogen) atoms. The summed E-state index contributed by atoms with van der Waals surface area (Å²) in [6.45, 7) is 4.63. The summed E-state index contributed by atoms with van der Waals surface area (Å²) in [7, 11) is 0.